The first-order valence-electron chi connectivity index (χ1n) is 9.53. The summed E-state index contributed by atoms with van der Waals surface area (Å²) >= 11 is 1.55. The van der Waals surface area contributed by atoms with Gasteiger partial charge in [-0.3, -0.25) is 0 Å². The molecule has 7 heteroatoms. The van der Waals surface area contributed by atoms with Gasteiger partial charge in [-0.25, -0.2) is 19.0 Å². The first-order valence-corrected chi connectivity index (χ1v) is 10.5. The van der Waals surface area contributed by atoms with Gasteiger partial charge in [0.15, 0.2) is 5.82 Å². The molecule has 0 unspecified atom stereocenters. The number of benzene rings is 2. The quantitative estimate of drug-likeness (QED) is 0.435. The molecule has 0 amide bonds. The van der Waals surface area contributed by atoms with Crippen molar-refractivity contribution in [2.45, 2.75) is 43.1 Å². The van der Waals surface area contributed by atoms with Crippen LogP contribution in [0.1, 0.15) is 37.3 Å². The van der Waals surface area contributed by atoms with Crippen LogP contribution >= 0.6 is 11.8 Å². The number of nitrogens with zero attached hydrogens (tertiary/aromatic N) is 5. The monoisotopic (exact) mass is 393 g/mol. The molecular formula is C21H20FN5S. The molecule has 1 fully saturated rings. The van der Waals surface area contributed by atoms with E-state index in [2.05, 4.69) is 9.55 Å². The van der Waals surface area contributed by atoms with Crippen LogP contribution in [-0.4, -0.2) is 24.3 Å². The molecule has 5 rings (SSSR count). The van der Waals surface area contributed by atoms with Crippen molar-refractivity contribution in [1.82, 2.24) is 24.3 Å². The third kappa shape index (κ3) is 3.09. The molecule has 4 aromatic rings. The molecular weight excluding hydrogens is 373 g/mol. The first kappa shape index (κ1) is 17.4. The van der Waals surface area contributed by atoms with Gasteiger partial charge in [-0.05, 0) is 44.0 Å². The second-order valence-corrected chi connectivity index (χ2v) is 7.89. The molecule has 1 saturated carbocycles. The molecule has 2 heterocycles. The van der Waals surface area contributed by atoms with E-state index in [0.29, 0.717) is 17.2 Å². The molecule has 2 aromatic carbocycles. The van der Waals surface area contributed by atoms with Gasteiger partial charge >= 0.3 is 0 Å². The van der Waals surface area contributed by atoms with Gasteiger partial charge in [0.2, 0.25) is 5.16 Å². The highest BCUT2D eigenvalue weighted by atomic mass is 32.2. The van der Waals surface area contributed by atoms with E-state index in [1.54, 1.807) is 17.8 Å². The Hall–Kier alpha value is -2.67. The van der Waals surface area contributed by atoms with Crippen LogP contribution in [0.4, 0.5) is 4.39 Å². The van der Waals surface area contributed by atoms with Crippen LogP contribution in [0.3, 0.4) is 0 Å². The summed E-state index contributed by atoms with van der Waals surface area (Å²) in [5, 5.41) is 5.48. The fourth-order valence-corrected chi connectivity index (χ4v) is 4.26. The minimum absolute atomic E-state index is 0.279. The molecule has 0 radical (unpaired) electrons. The maximum Gasteiger partial charge on any atom is 0.209 e. The average Bonchev–Trinajstić information content (AvgIpc) is 3.37. The van der Waals surface area contributed by atoms with Crippen molar-refractivity contribution in [2.24, 2.45) is 0 Å². The Balaban J connectivity index is 1.45. The topological polar surface area (TPSA) is 48.5 Å². The van der Waals surface area contributed by atoms with Crippen molar-refractivity contribution >= 4 is 22.8 Å². The molecule has 1 aliphatic rings. The number of imidazole rings is 1. The van der Waals surface area contributed by atoms with Crippen LogP contribution in [0.25, 0.3) is 16.7 Å². The average molecular weight is 393 g/mol. The number of aryl methyl sites for hydroxylation is 1. The molecule has 28 heavy (non-hydrogen) atoms. The van der Waals surface area contributed by atoms with E-state index in [1.165, 1.54) is 18.9 Å². The fraction of sp³-hybridized carbons (Fsp3) is 0.286. The number of halogens is 1. The van der Waals surface area contributed by atoms with Gasteiger partial charge < -0.3 is 4.57 Å². The smallest absolute Gasteiger partial charge is 0.209 e. The highest BCUT2D eigenvalue weighted by Crippen LogP contribution is 2.40. The SMILES string of the molecule is CCn1c(CSc2nc(C3CC3)n(-c3ccccc3)n2)nc2c(F)cccc21. The van der Waals surface area contributed by atoms with Gasteiger partial charge in [-0.1, -0.05) is 36.0 Å². The molecule has 2 aromatic heterocycles. The van der Waals surface area contributed by atoms with E-state index < -0.39 is 0 Å². The van der Waals surface area contributed by atoms with E-state index >= 15 is 0 Å². The van der Waals surface area contributed by atoms with Crippen molar-refractivity contribution in [3.8, 4) is 5.69 Å². The molecule has 0 saturated heterocycles. The highest BCUT2D eigenvalue weighted by Gasteiger charge is 2.30. The van der Waals surface area contributed by atoms with Crippen molar-refractivity contribution in [1.29, 1.82) is 0 Å². The molecule has 0 atom stereocenters. The molecule has 142 valence electrons. The normalized spacial score (nSPS) is 14.1. The van der Waals surface area contributed by atoms with Crippen LogP contribution in [0.5, 0.6) is 0 Å². The fourth-order valence-electron chi connectivity index (χ4n) is 3.48. The number of hydrogen-bond donors (Lipinski definition) is 0. The Morgan fingerprint density at radius 2 is 1.89 bits per heavy atom. The van der Waals surface area contributed by atoms with E-state index in [9.17, 15) is 4.39 Å². The molecule has 1 aliphatic carbocycles. The van der Waals surface area contributed by atoms with Crippen LogP contribution in [-0.2, 0) is 12.3 Å². The summed E-state index contributed by atoms with van der Waals surface area (Å²) in [6, 6.07) is 15.2. The van der Waals surface area contributed by atoms with E-state index in [-0.39, 0.29) is 5.82 Å². The standard InChI is InChI=1S/C21H20FN5S/c1-2-26-17-10-6-9-16(22)19(17)23-18(26)13-28-21-24-20(14-11-12-14)27(25-21)15-7-4-3-5-8-15/h3-10,14H,2,11-13H2,1H3. The largest absolute Gasteiger partial charge is 0.327 e. The first-order chi connectivity index (χ1) is 13.7. The van der Waals surface area contributed by atoms with Crippen molar-refractivity contribution in [2.75, 3.05) is 0 Å². The Morgan fingerprint density at radius 1 is 1.07 bits per heavy atom. The van der Waals surface area contributed by atoms with Gasteiger partial charge in [0.05, 0.1) is 17.0 Å². The zero-order valence-corrected chi connectivity index (χ0v) is 16.4. The Morgan fingerprint density at radius 3 is 2.64 bits per heavy atom. The van der Waals surface area contributed by atoms with Crippen molar-refractivity contribution in [3.05, 3.63) is 66.0 Å². The Kier molecular flexibility index (Phi) is 4.39. The predicted octanol–water partition coefficient (Wildman–Crippen LogP) is 4.95. The molecule has 5 nitrogen and oxygen atoms in total. The number of para-hydroxylation sites is 2. The zero-order chi connectivity index (χ0) is 19.1. The minimum Gasteiger partial charge on any atom is -0.327 e. The van der Waals surface area contributed by atoms with Gasteiger partial charge in [0, 0.05) is 12.5 Å². The van der Waals surface area contributed by atoms with Gasteiger partial charge in [-0.2, -0.15) is 0 Å². The lowest BCUT2D eigenvalue weighted by Gasteiger charge is -2.04. The van der Waals surface area contributed by atoms with Gasteiger partial charge in [0.25, 0.3) is 0 Å². The molecule has 0 aliphatic heterocycles. The summed E-state index contributed by atoms with van der Waals surface area (Å²) in [6.07, 6.45) is 2.33. The third-order valence-electron chi connectivity index (χ3n) is 5.01. The zero-order valence-electron chi connectivity index (χ0n) is 15.5. The molecule has 0 spiro atoms. The van der Waals surface area contributed by atoms with Crippen LogP contribution in [0, 0.1) is 5.82 Å². The van der Waals surface area contributed by atoms with Crippen molar-refractivity contribution in [3.63, 3.8) is 0 Å². The second kappa shape index (κ2) is 7.05. The third-order valence-corrected chi connectivity index (χ3v) is 5.84. The van der Waals surface area contributed by atoms with Crippen LogP contribution < -0.4 is 0 Å². The summed E-state index contributed by atoms with van der Waals surface area (Å²) in [4.78, 5) is 9.33. The van der Waals surface area contributed by atoms with Crippen molar-refractivity contribution < 1.29 is 4.39 Å². The number of aromatic nitrogens is 5. The van der Waals surface area contributed by atoms with Crippen LogP contribution in [0.15, 0.2) is 53.7 Å². The predicted molar refractivity (Wildman–Crippen MR) is 108 cm³/mol. The Labute approximate surface area is 166 Å². The number of thioether (sulfide) groups is 1. The molecule has 0 bridgehead atoms. The number of fused-ring (bicyclic) bond motifs is 1. The lowest BCUT2D eigenvalue weighted by Crippen LogP contribution is -2.01. The van der Waals surface area contributed by atoms with E-state index in [1.807, 2.05) is 48.0 Å². The van der Waals surface area contributed by atoms with Gasteiger partial charge in [-0.15, -0.1) is 5.10 Å². The molecule has 0 N–H and O–H groups in total. The van der Waals surface area contributed by atoms with E-state index in [4.69, 9.17) is 10.1 Å². The minimum atomic E-state index is -0.279. The van der Waals surface area contributed by atoms with Crippen LogP contribution in [0.2, 0.25) is 0 Å². The lowest BCUT2D eigenvalue weighted by atomic mass is 10.3. The maximum absolute atomic E-state index is 14.1. The summed E-state index contributed by atoms with van der Waals surface area (Å²) in [5.41, 5.74) is 2.30. The van der Waals surface area contributed by atoms with E-state index in [0.717, 1.165) is 34.6 Å². The maximum atomic E-state index is 14.1. The second-order valence-electron chi connectivity index (χ2n) is 6.94. The summed E-state index contributed by atoms with van der Waals surface area (Å²) < 4.78 is 18.1. The number of rotatable bonds is 6. The summed E-state index contributed by atoms with van der Waals surface area (Å²) in [5.74, 6) is 2.69. The highest BCUT2D eigenvalue weighted by molar-refractivity contribution is 7.98. The summed E-state index contributed by atoms with van der Waals surface area (Å²) in [6.45, 7) is 2.79. The summed E-state index contributed by atoms with van der Waals surface area (Å²) in [7, 11) is 0. The number of hydrogen-bond acceptors (Lipinski definition) is 4. The lowest BCUT2D eigenvalue weighted by molar-refractivity contribution is 0.637. The van der Waals surface area contributed by atoms with Gasteiger partial charge in [0.1, 0.15) is 17.2 Å². The Bertz CT molecular complexity index is 1130.